The Hall–Kier alpha value is -2.38. The van der Waals surface area contributed by atoms with Gasteiger partial charge in [0.2, 0.25) is 6.10 Å². The molecule has 138 valence electrons. The monoisotopic (exact) mass is 374 g/mol. The van der Waals surface area contributed by atoms with Gasteiger partial charge in [0.25, 0.3) is 5.91 Å². The molecule has 0 unspecified atom stereocenters. The van der Waals surface area contributed by atoms with Gasteiger partial charge >= 0.3 is 10.2 Å². The van der Waals surface area contributed by atoms with Crippen molar-refractivity contribution in [1.82, 2.24) is 9.03 Å². The fraction of sp³-hybridized carbons (Fsp3) is 0.316. The van der Waals surface area contributed by atoms with E-state index >= 15 is 0 Å². The second-order valence-corrected chi connectivity index (χ2v) is 7.82. The summed E-state index contributed by atoms with van der Waals surface area (Å²) in [6.07, 6.45) is 1.55. The molecule has 3 rings (SSSR count). The van der Waals surface area contributed by atoms with E-state index in [9.17, 15) is 13.2 Å². The molecule has 1 N–H and O–H groups in total. The highest BCUT2D eigenvalue weighted by molar-refractivity contribution is 7.87. The number of hydrogen-bond acceptors (Lipinski definition) is 4. The Kier molecular flexibility index (Phi) is 5.90. The number of carbonyl (C=O) groups excluding carboxylic acids is 1. The predicted octanol–water partition coefficient (Wildman–Crippen LogP) is 2.65. The number of ether oxygens (including phenoxy) is 1. The Morgan fingerprint density at radius 2 is 1.50 bits per heavy atom. The molecule has 1 atom stereocenters. The van der Waals surface area contributed by atoms with Crippen LogP contribution in [0.15, 0.2) is 60.7 Å². The molecule has 0 spiro atoms. The molecule has 0 bridgehead atoms. The lowest BCUT2D eigenvalue weighted by Gasteiger charge is -2.27. The lowest BCUT2D eigenvalue weighted by molar-refractivity contribution is -0.126. The van der Waals surface area contributed by atoms with Crippen molar-refractivity contribution in [3.05, 3.63) is 66.2 Å². The van der Waals surface area contributed by atoms with E-state index in [1.807, 2.05) is 12.1 Å². The number of rotatable bonds is 6. The quantitative estimate of drug-likeness (QED) is 0.843. The molecule has 1 saturated heterocycles. The van der Waals surface area contributed by atoms with Crippen LogP contribution in [0.1, 0.15) is 30.9 Å². The first-order valence-electron chi connectivity index (χ1n) is 8.65. The van der Waals surface area contributed by atoms with E-state index in [0.717, 1.165) is 19.3 Å². The largest absolute Gasteiger partial charge is 0.476 e. The standard InChI is InChI=1S/C19H22N2O4S/c22-19(20-26(23,24)21-14-8-3-9-15-21)18(16-10-4-1-5-11-16)25-17-12-6-2-7-13-17/h1-2,4-7,10-13,18H,3,8-9,14-15H2,(H,20,22)/t18-/m0/s1. The normalized spacial score (nSPS) is 16.6. The Labute approximate surface area is 154 Å². The van der Waals surface area contributed by atoms with E-state index in [1.54, 1.807) is 48.5 Å². The van der Waals surface area contributed by atoms with Gasteiger partial charge in [-0.05, 0) is 25.0 Å². The zero-order valence-corrected chi connectivity index (χ0v) is 15.2. The fourth-order valence-corrected chi connectivity index (χ4v) is 4.12. The van der Waals surface area contributed by atoms with Crippen molar-refractivity contribution < 1.29 is 17.9 Å². The van der Waals surface area contributed by atoms with Crippen molar-refractivity contribution in [2.75, 3.05) is 13.1 Å². The summed E-state index contributed by atoms with van der Waals surface area (Å²) >= 11 is 0. The lowest BCUT2D eigenvalue weighted by Crippen LogP contribution is -2.47. The summed E-state index contributed by atoms with van der Waals surface area (Å²) in [5.74, 6) is -0.211. The summed E-state index contributed by atoms with van der Waals surface area (Å²) in [6, 6.07) is 17.7. The molecule has 1 fully saturated rings. The molecule has 0 aliphatic carbocycles. The number of para-hydroxylation sites is 1. The van der Waals surface area contributed by atoms with Crippen LogP contribution in [0.2, 0.25) is 0 Å². The SMILES string of the molecule is O=C(NS(=O)(=O)N1CCCCC1)[C@@H](Oc1ccccc1)c1ccccc1. The number of amides is 1. The molecule has 2 aromatic rings. The van der Waals surface area contributed by atoms with Crippen LogP contribution in [0.4, 0.5) is 0 Å². The van der Waals surface area contributed by atoms with Crippen LogP contribution in [-0.4, -0.2) is 31.7 Å². The highest BCUT2D eigenvalue weighted by Gasteiger charge is 2.31. The summed E-state index contributed by atoms with van der Waals surface area (Å²) in [4.78, 5) is 12.8. The third-order valence-corrected chi connectivity index (χ3v) is 5.73. The summed E-state index contributed by atoms with van der Waals surface area (Å²) in [5.41, 5.74) is 0.586. The Balaban J connectivity index is 1.80. The minimum Gasteiger partial charge on any atom is -0.476 e. The zero-order valence-electron chi connectivity index (χ0n) is 14.4. The van der Waals surface area contributed by atoms with Crippen LogP contribution in [0.3, 0.4) is 0 Å². The third kappa shape index (κ3) is 4.62. The van der Waals surface area contributed by atoms with Crippen LogP contribution in [0, 0.1) is 0 Å². The molecule has 2 aromatic carbocycles. The molecule has 6 nitrogen and oxygen atoms in total. The van der Waals surface area contributed by atoms with Crippen molar-refractivity contribution >= 4 is 16.1 Å². The van der Waals surface area contributed by atoms with Crippen LogP contribution in [0.25, 0.3) is 0 Å². The Bertz CT molecular complexity index is 819. The minimum atomic E-state index is -3.87. The van der Waals surface area contributed by atoms with Gasteiger partial charge in [-0.15, -0.1) is 0 Å². The first kappa shape index (κ1) is 18.4. The van der Waals surface area contributed by atoms with Gasteiger partial charge in [0, 0.05) is 18.7 Å². The second-order valence-electron chi connectivity index (χ2n) is 6.15. The topological polar surface area (TPSA) is 75.7 Å². The van der Waals surface area contributed by atoms with Crippen molar-refractivity contribution in [1.29, 1.82) is 0 Å². The van der Waals surface area contributed by atoms with Gasteiger partial charge in [0.15, 0.2) is 0 Å². The Morgan fingerprint density at radius 3 is 2.12 bits per heavy atom. The average molecular weight is 374 g/mol. The molecular formula is C19H22N2O4S. The molecule has 1 aliphatic heterocycles. The van der Waals surface area contributed by atoms with Crippen LogP contribution in [-0.2, 0) is 15.0 Å². The summed E-state index contributed by atoms with van der Waals surface area (Å²) in [6.45, 7) is 0.857. The molecule has 1 aliphatic rings. The van der Waals surface area contributed by atoms with E-state index in [1.165, 1.54) is 4.31 Å². The van der Waals surface area contributed by atoms with E-state index in [0.29, 0.717) is 24.4 Å². The van der Waals surface area contributed by atoms with E-state index in [-0.39, 0.29) is 0 Å². The maximum Gasteiger partial charge on any atom is 0.303 e. The molecule has 1 heterocycles. The van der Waals surface area contributed by atoms with Gasteiger partial charge in [-0.1, -0.05) is 55.0 Å². The summed E-state index contributed by atoms with van der Waals surface area (Å²) in [5, 5.41) is 0. The van der Waals surface area contributed by atoms with E-state index < -0.39 is 22.2 Å². The maximum absolute atomic E-state index is 12.8. The third-order valence-electron chi connectivity index (χ3n) is 4.22. The second kappa shape index (κ2) is 8.33. The molecule has 1 amide bonds. The van der Waals surface area contributed by atoms with Crippen LogP contribution >= 0.6 is 0 Å². The predicted molar refractivity (Wildman–Crippen MR) is 98.7 cm³/mol. The number of carbonyl (C=O) groups is 1. The van der Waals surface area contributed by atoms with Crippen molar-refractivity contribution in [3.8, 4) is 5.75 Å². The van der Waals surface area contributed by atoms with Gasteiger partial charge in [0.05, 0.1) is 0 Å². The van der Waals surface area contributed by atoms with Gasteiger partial charge < -0.3 is 4.74 Å². The minimum absolute atomic E-state index is 0.429. The molecule has 26 heavy (non-hydrogen) atoms. The average Bonchev–Trinajstić information content (AvgIpc) is 2.68. The van der Waals surface area contributed by atoms with Crippen molar-refractivity contribution in [2.45, 2.75) is 25.4 Å². The number of hydrogen-bond donors (Lipinski definition) is 1. The molecule has 7 heteroatoms. The van der Waals surface area contributed by atoms with E-state index in [4.69, 9.17) is 4.74 Å². The van der Waals surface area contributed by atoms with Gasteiger partial charge in [-0.2, -0.15) is 12.7 Å². The zero-order chi connectivity index (χ0) is 18.4. The molecular weight excluding hydrogens is 352 g/mol. The van der Waals surface area contributed by atoms with Crippen LogP contribution in [0.5, 0.6) is 5.75 Å². The number of piperidine rings is 1. The molecule has 0 saturated carbocycles. The Morgan fingerprint density at radius 1 is 0.923 bits per heavy atom. The number of nitrogens with one attached hydrogen (secondary N) is 1. The molecule has 0 aromatic heterocycles. The first-order valence-corrected chi connectivity index (χ1v) is 10.1. The smallest absolute Gasteiger partial charge is 0.303 e. The molecule has 0 radical (unpaired) electrons. The van der Waals surface area contributed by atoms with Crippen molar-refractivity contribution in [3.63, 3.8) is 0 Å². The summed E-state index contributed by atoms with van der Waals surface area (Å²) < 4.78 is 34.3. The maximum atomic E-state index is 12.8. The number of nitrogens with zero attached hydrogens (tertiary/aromatic N) is 1. The van der Waals surface area contributed by atoms with Gasteiger partial charge in [0.1, 0.15) is 5.75 Å². The lowest BCUT2D eigenvalue weighted by atomic mass is 10.1. The fourth-order valence-electron chi connectivity index (χ4n) is 2.89. The summed E-state index contributed by atoms with van der Waals surface area (Å²) in [7, 11) is -3.87. The van der Waals surface area contributed by atoms with Crippen molar-refractivity contribution in [2.24, 2.45) is 0 Å². The van der Waals surface area contributed by atoms with Crippen LogP contribution < -0.4 is 9.46 Å². The van der Waals surface area contributed by atoms with Gasteiger partial charge in [-0.3, -0.25) is 4.79 Å². The van der Waals surface area contributed by atoms with Gasteiger partial charge in [-0.25, -0.2) is 4.72 Å². The highest BCUT2D eigenvalue weighted by atomic mass is 32.2. The highest BCUT2D eigenvalue weighted by Crippen LogP contribution is 2.23. The van der Waals surface area contributed by atoms with E-state index in [2.05, 4.69) is 4.72 Å². The first-order chi connectivity index (χ1) is 12.6. The number of benzene rings is 2.